The number of nitrogens with one attached hydrogen (secondary N) is 1. The van der Waals surface area contributed by atoms with Crippen molar-refractivity contribution in [2.75, 3.05) is 16.8 Å². The number of carbonyl (C=O) groups is 2. The second kappa shape index (κ2) is 6.52. The minimum atomic E-state index is -0.246. The predicted molar refractivity (Wildman–Crippen MR) is 89.1 cm³/mol. The molecule has 0 aliphatic carbocycles. The molecule has 1 saturated heterocycles. The first-order valence-electron chi connectivity index (χ1n) is 7.58. The summed E-state index contributed by atoms with van der Waals surface area (Å²) >= 11 is 0. The molecule has 1 N–H and O–H groups in total. The lowest BCUT2D eigenvalue weighted by Gasteiger charge is -2.16. The Morgan fingerprint density at radius 3 is 2.87 bits per heavy atom. The molecule has 1 aliphatic heterocycles. The summed E-state index contributed by atoms with van der Waals surface area (Å²) in [5.74, 6) is 1.31. The Hall–Kier alpha value is -2.82. The second-order valence-electron chi connectivity index (χ2n) is 5.47. The van der Waals surface area contributed by atoms with Crippen LogP contribution in [0.3, 0.4) is 0 Å². The maximum absolute atomic E-state index is 12.0. The Morgan fingerprint density at radius 1 is 1.30 bits per heavy atom. The van der Waals surface area contributed by atoms with E-state index in [0.29, 0.717) is 17.9 Å². The molecular formula is C18H18N2O3. The minimum absolute atomic E-state index is 0.126. The third kappa shape index (κ3) is 3.69. The topological polar surface area (TPSA) is 62.6 Å². The van der Waals surface area contributed by atoms with Crippen molar-refractivity contribution in [1.82, 2.24) is 0 Å². The fourth-order valence-corrected chi connectivity index (χ4v) is 2.56. The summed E-state index contributed by atoms with van der Waals surface area (Å²) in [7, 11) is 0. The van der Waals surface area contributed by atoms with Gasteiger partial charge in [-0.1, -0.05) is 6.07 Å². The van der Waals surface area contributed by atoms with Crippen LogP contribution in [0.15, 0.2) is 46.9 Å². The number of nitrogens with zero attached hydrogens (tertiary/aromatic N) is 1. The van der Waals surface area contributed by atoms with E-state index in [0.717, 1.165) is 24.4 Å². The number of rotatable bonds is 4. The van der Waals surface area contributed by atoms with E-state index in [2.05, 4.69) is 5.32 Å². The van der Waals surface area contributed by atoms with Gasteiger partial charge in [0.25, 0.3) is 0 Å². The average Bonchev–Trinajstić information content (AvgIpc) is 3.14. The van der Waals surface area contributed by atoms with Gasteiger partial charge in [-0.15, -0.1) is 0 Å². The number of carbonyl (C=O) groups excluding carboxylic acids is 2. The molecule has 0 bridgehead atoms. The van der Waals surface area contributed by atoms with E-state index >= 15 is 0 Å². The number of hydrogen-bond acceptors (Lipinski definition) is 3. The van der Waals surface area contributed by atoms with Gasteiger partial charge in [0.15, 0.2) is 0 Å². The highest BCUT2D eigenvalue weighted by molar-refractivity contribution is 6.02. The summed E-state index contributed by atoms with van der Waals surface area (Å²) in [6.07, 6.45) is 4.50. The Balaban J connectivity index is 1.66. The number of aryl methyl sites for hydroxylation is 1. The van der Waals surface area contributed by atoms with E-state index in [1.165, 1.54) is 6.08 Å². The van der Waals surface area contributed by atoms with Gasteiger partial charge in [-0.3, -0.25) is 9.59 Å². The molecule has 5 heteroatoms. The summed E-state index contributed by atoms with van der Waals surface area (Å²) in [6.45, 7) is 2.58. The highest BCUT2D eigenvalue weighted by Crippen LogP contribution is 2.24. The molecule has 2 heterocycles. The smallest absolute Gasteiger partial charge is 0.248 e. The third-order valence-corrected chi connectivity index (χ3v) is 3.66. The number of furan rings is 1. The Morgan fingerprint density at radius 2 is 2.17 bits per heavy atom. The van der Waals surface area contributed by atoms with Crippen molar-refractivity contribution < 1.29 is 14.0 Å². The summed E-state index contributed by atoms with van der Waals surface area (Å²) in [5, 5.41) is 2.79. The zero-order valence-corrected chi connectivity index (χ0v) is 12.9. The average molecular weight is 310 g/mol. The summed E-state index contributed by atoms with van der Waals surface area (Å²) < 4.78 is 5.37. The molecule has 1 fully saturated rings. The van der Waals surface area contributed by atoms with Crippen LogP contribution in [0.25, 0.3) is 6.08 Å². The first-order chi connectivity index (χ1) is 11.1. The number of amides is 2. The van der Waals surface area contributed by atoms with Crippen LogP contribution in [0.1, 0.15) is 24.4 Å². The summed E-state index contributed by atoms with van der Waals surface area (Å²) in [5.41, 5.74) is 1.48. The molecule has 23 heavy (non-hydrogen) atoms. The van der Waals surface area contributed by atoms with Crippen LogP contribution in [-0.2, 0) is 9.59 Å². The highest BCUT2D eigenvalue weighted by atomic mass is 16.3. The normalized spacial score (nSPS) is 14.7. The highest BCUT2D eigenvalue weighted by Gasteiger charge is 2.21. The van der Waals surface area contributed by atoms with Gasteiger partial charge in [-0.05, 0) is 49.8 Å². The molecule has 1 aromatic carbocycles. The van der Waals surface area contributed by atoms with Crippen LogP contribution in [-0.4, -0.2) is 18.4 Å². The molecule has 3 rings (SSSR count). The minimum Gasteiger partial charge on any atom is -0.462 e. The lowest BCUT2D eigenvalue weighted by molar-refractivity contribution is -0.117. The Kier molecular flexibility index (Phi) is 4.28. The van der Waals surface area contributed by atoms with Gasteiger partial charge in [-0.25, -0.2) is 0 Å². The fourth-order valence-electron chi connectivity index (χ4n) is 2.56. The van der Waals surface area contributed by atoms with Crippen molar-refractivity contribution in [3.05, 3.63) is 54.0 Å². The second-order valence-corrected chi connectivity index (χ2v) is 5.47. The molecule has 0 unspecified atom stereocenters. The quantitative estimate of drug-likeness (QED) is 0.881. The van der Waals surface area contributed by atoms with Gasteiger partial charge >= 0.3 is 0 Å². The molecule has 118 valence electrons. The molecular weight excluding hydrogens is 292 g/mol. The molecule has 2 amide bonds. The van der Waals surface area contributed by atoms with Crippen molar-refractivity contribution in [3.63, 3.8) is 0 Å². The Labute approximate surface area is 134 Å². The van der Waals surface area contributed by atoms with Crippen LogP contribution >= 0.6 is 0 Å². The predicted octanol–water partition coefficient (Wildman–Crippen LogP) is 3.37. The molecule has 0 spiro atoms. The molecule has 1 aliphatic rings. The van der Waals surface area contributed by atoms with E-state index in [1.807, 2.05) is 31.2 Å². The van der Waals surface area contributed by atoms with E-state index in [1.54, 1.807) is 23.1 Å². The largest absolute Gasteiger partial charge is 0.462 e. The fraction of sp³-hybridized carbons (Fsp3) is 0.222. The van der Waals surface area contributed by atoms with Gasteiger partial charge in [0.2, 0.25) is 11.8 Å². The molecule has 0 radical (unpaired) electrons. The van der Waals surface area contributed by atoms with Gasteiger partial charge in [0.1, 0.15) is 11.5 Å². The van der Waals surface area contributed by atoms with Crippen LogP contribution in [0, 0.1) is 6.92 Å². The van der Waals surface area contributed by atoms with Gasteiger partial charge < -0.3 is 14.6 Å². The van der Waals surface area contributed by atoms with Gasteiger partial charge in [0.05, 0.1) is 0 Å². The third-order valence-electron chi connectivity index (χ3n) is 3.66. The molecule has 5 nitrogen and oxygen atoms in total. The SMILES string of the molecule is Cc1ccc(/C=C/C(=O)Nc2cccc(N3CCCC3=O)c2)o1. The van der Waals surface area contributed by atoms with Crippen LogP contribution < -0.4 is 10.2 Å². The molecule has 1 aromatic heterocycles. The zero-order chi connectivity index (χ0) is 16.2. The van der Waals surface area contributed by atoms with Crippen LogP contribution in [0.2, 0.25) is 0 Å². The summed E-state index contributed by atoms with van der Waals surface area (Å²) in [4.78, 5) is 25.5. The zero-order valence-electron chi connectivity index (χ0n) is 12.9. The molecule has 0 saturated carbocycles. The number of anilines is 2. The monoisotopic (exact) mass is 310 g/mol. The van der Waals surface area contributed by atoms with Crippen molar-refractivity contribution in [2.24, 2.45) is 0 Å². The van der Waals surface area contributed by atoms with Crippen LogP contribution in [0.4, 0.5) is 11.4 Å². The molecule has 2 aromatic rings. The van der Waals surface area contributed by atoms with E-state index < -0.39 is 0 Å². The maximum Gasteiger partial charge on any atom is 0.248 e. The first kappa shape index (κ1) is 15.1. The van der Waals surface area contributed by atoms with Crippen molar-refractivity contribution in [3.8, 4) is 0 Å². The first-order valence-corrected chi connectivity index (χ1v) is 7.58. The van der Waals surface area contributed by atoms with Gasteiger partial charge in [0, 0.05) is 30.4 Å². The lowest BCUT2D eigenvalue weighted by Crippen LogP contribution is -2.23. The van der Waals surface area contributed by atoms with Crippen molar-refractivity contribution >= 4 is 29.3 Å². The molecule has 0 atom stereocenters. The van der Waals surface area contributed by atoms with Crippen molar-refractivity contribution in [2.45, 2.75) is 19.8 Å². The number of hydrogen-bond donors (Lipinski definition) is 1. The standard InChI is InChI=1S/C18H18N2O3/c1-13-7-8-16(23-13)9-10-17(21)19-14-4-2-5-15(12-14)20-11-3-6-18(20)22/h2,4-5,7-10,12H,3,6,11H2,1H3,(H,19,21)/b10-9+. The van der Waals surface area contributed by atoms with Gasteiger partial charge in [-0.2, -0.15) is 0 Å². The van der Waals surface area contributed by atoms with Crippen molar-refractivity contribution in [1.29, 1.82) is 0 Å². The van der Waals surface area contributed by atoms with E-state index in [9.17, 15) is 9.59 Å². The van der Waals surface area contributed by atoms with E-state index in [-0.39, 0.29) is 11.8 Å². The summed E-state index contributed by atoms with van der Waals surface area (Å²) in [6, 6.07) is 11.0. The Bertz CT molecular complexity index is 761. The van der Waals surface area contributed by atoms with Crippen LogP contribution in [0.5, 0.6) is 0 Å². The van der Waals surface area contributed by atoms with E-state index in [4.69, 9.17) is 4.42 Å². The maximum atomic E-state index is 12.0. The lowest BCUT2D eigenvalue weighted by atomic mass is 10.2. The number of benzene rings is 1.